The molecular formula is C30H37ClN4O2. The Balaban J connectivity index is 1.24. The number of methoxy groups -OCH3 is 1. The second-order valence-electron chi connectivity index (χ2n) is 10.0. The fraction of sp³-hybridized carbons (Fsp3) is 0.433. The summed E-state index contributed by atoms with van der Waals surface area (Å²) in [5.41, 5.74) is 6.30. The summed E-state index contributed by atoms with van der Waals surface area (Å²) in [6.07, 6.45) is 7.28. The van der Waals surface area contributed by atoms with Crippen molar-refractivity contribution in [3.05, 3.63) is 76.6 Å². The maximum Gasteiger partial charge on any atom is 0.139 e. The zero-order valence-electron chi connectivity index (χ0n) is 22.0. The van der Waals surface area contributed by atoms with Gasteiger partial charge in [0.05, 0.1) is 12.1 Å². The summed E-state index contributed by atoms with van der Waals surface area (Å²) in [5, 5.41) is 4.04. The number of aromatic nitrogens is 1. The smallest absolute Gasteiger partial charge is 0.139 e. The lowest BCUT2D eigenvalue weighted by atomic mass is 9.86. The average Bonchev–Trinajstić information content (AvgIpc) is 2.93. The van der Waals surface area contributed by atoms with Crippen LogP contribution in [0.3, 0.4) is 0 Å². The summed E-state index contributed by atoms with van der Waals surface area (Å²) in [7, 11) is 1.68. The van der Waals surface area contributed by atoms with Gasteiger partial charge in [0.15, 0.2) is 0 Å². The summed E-state index contributed by atoms with van der Waals surface area (Å²) in [6.45, 7) is 8.90. The van der Waals surface area contributed by atoms with Crippen LogP contribution in [-0.2, 0) is 0 Å². The molecule has 2 aromatic carbocycles. The number of benzene rings is 2. The number of rotatable bonds is 8. The second-order valence-corrected chi connectivity index (χ2v) is 10.4. The Bertz CT molecular complexity index is 1210. The lowest BCUT2D eigenvalue weighted by Crippen LogP contribution is -2.56. The highest BCUT2D eigenvalue weighted by Crippen LogP contribution is 2.40. The first-order chi connectivity index (χ1) is 18.0. The summed E-state index contributed by atoms with van der Waals surface area (Å²) < 4.78 is 11.6. The Morgan fingerprint density at radius 1 is 1.00 bits per heavy atom. The molecule has 2 atom stereocenters. The van der Waals surface area contributed by atoms with Crippen LogP contribution in [-0.4, -0.2) is 55.8 Å². The standard InChI is InChI=1S/C30H37ClN4O2/c1-21-22(2)29(37-18-15-33-23-11-13-32-14-12-23)10-8-26(21)28-6-4-5-25-20-34(16-17-35(25)28)24-7-9-27(31)30(19-24)36-3/h7-14,19,25,28H,4-6,15-18,20H2,1-3H3,(H,32,33)/t25?,28-/m1/s1. The molecule has 5 rings (SSSR count). The minimum atomic E-state index is 0.460. The van der Waals surface area contributed by atoms with Crippen LogP contribution in [0.1, 0.15) is 42.0 Å². The first-order valence-corrected chi connectivity index (χ1v) is 13.6. The van der Waals surface area contributed by atoms with Crippen molar-refractivity contribution in [1.82, 2.24) is 9.88 Å². The van der Waals surface area contributed by atoms with Crippen LogP contribution >= 0.6 is 11.6 Å². The van der Waals surface area contributed by atoms with Gasteiger partial charge in [-0.3, -0.25) is 9.88 Å². The van der Waals surface area contributed by atoms with Gasteiger partial charge in [0, 0.05) is 68.1 Å². The van der Waals surface area contributed by atoms with Crippen molar-refractivity contribution < 1.29 is 9.47 Å². The quantitative estimate of drug-likeness (QED) is 0.353. The van der Waals surface area contributed by atoms with E-state index in [0.717, 1.165) is 43.4 Å². The highest BCUT2D eigenvalue weighted by Gasteiger charge is 2.36. The Kier molecular flexibility index (Phi) is 8.06. The Hall–Kier alpha value is -2.96. The molecule has 3 heterocycles. The number of ether oxygens (including phenoxy) is 2. The summed E-state index contributed by atoms with van der Waals surface area (Å²) in [5.74, 6) is 1.72. The molecule has 2 aliphatic rings. The van der Waals surface area contributed by atoms with Crippen molar-refractivity contribution in [3.63, 3.8) is 0 Å². The Labute approximate surface area is 225 Å². The minimum Gasteiger partial charge on any atom is -0.495 e. The average molecular weight is 521 g/mol. The van der Waals surface area contributed by atoms with Gasteiger partial charge in [0.1, 0.15) is 18.1 Å². The molecule has 0 saturated carbocycles. The van der Waals surface area contributed by atoms with Crippen LogP contribution in [0.4, 0.5) is 11.4 Å². The zero-order chi connectivity index (χ0) is 25.8. The predicted molar refractivity (Wildman–Crippen MR) is 151 cm³/mol. The zero-order valence-corrected chi connectivity index (χ0v) is 22.8. The van der Waals surface area contributed by atoms with Gasteiger partial charge >= 0.3 is 0 Å². The van der Waals surface area contributed by atoms with Crippen LogP contribution < -0.4 is 19.7 Å². The number of nitrogens with one attached hydrogen (secondary N) is 1. The molecule has 1 unspecified atom stereocenters. The summed E-state index contributed by atoms with van der Waals surface area (Å²) in [4.78, 5) is 9.28. The van der Waals surface area contributed by atoms with Gasteiger partial charge in [0.25, 0.3) is 0 Å². The summed E-state index contributed by atoms with van der Waals surface area (Å²) >= 11 is 6.27. The normalized spacial score (nSPS) is 19.8. The van der Waals surface area contributed by atoms with Crippen LogP contribution in [0.5, 0.6) is 11.5 Å². The van der Waals surface area contributed by atoms with Crippen molar-refractivity contribution in [2.75, 3.05) is 50.1 Å². The van der Waals surface area contributed by atoms with Crippen molar-refractivity contribution in [2.45, 2.75) is 45.2 Å². The summed E-state index contributed by atoms with van der Waals surface area (Å²) in [6, 6.07) is 15.5. The van der Waals surface area contributed by atoms with Crippen molar-refractivity contribution in [2.24, 2.45) is 0 Å². The van der Waals surface area contributed by atoms with E-state index in [1.165, 1.54) is 41.6 Å². The number of fused-ring (bicyclic) bond motifs is 1. The molecule has 0 aliphatic carbocycles. The Morgan fingerprint density at radius 3 is 2.65 bits per heavy atom. The van der Waals surface area contributed by atoms with Crippen LogP contribution in [0, 0.1) is 13.8 Å². The van der Waals surface area contributed by atoms with Gasteiger partial charge in [-0.15, -0.1) is 0 Å². The van der Waals surface area contributed by atoms with Gasteiger partial charge in [-0.25, -0.2) is 0 Å². The number of halogens is 1. The molecule has 2 aliphatic heterocycles. The van der Waals surface area contributed by atoms with E-state index in [-0.39, 0.29) is 0 Å². The number of hydrogen-bond acceptors (Lipinski definition) is 6. The molecule has 0 spiro atoms. The van der Waals surface area contributed by atoms with Crippen molar-refractivity contribution in [1.29, 1.82) is 0 Å². The number of hydrogen-bond donors (Lipinski definition) is 1. The molecular weight excluding hydrogens is 484 g/mol. The fourth-order valence-corrected chi connectivity index (χ4v) is 6.02. The van der Waals surface area contributed by atoms with Gasteiger partial charge in [-0.05, 0) is 80.1 Å². The van der Waals surface area contributed by atoms with Gasteiger partial charge in [-0.2, -0.15) is 0 Å². The molecule has 7 heteroatoms. The molecule has 2 saturated heterocycles. The largest absolute Gasteiger partial charge is 0.495 e. The molecule has 6 nitrogen and oxygen atoms in total. The number of piperidine rings is 1. The highest BCUT2D eigenvalue weighted by atomic mass is 35.5. The monoisotopic (exact) mass is 520 g/mol. The lowest BCUT2D eigenvalue weighted by Gasteiger charge is -2.49. The topological polar surface area (TPSA) is 49.9 Å². The van der Waals surface area contributed by atoms with Gasteiger partial charge < -0.3 is 19.7 Å². The maximum absolute atomic E-state index is 6.27. The fourth-order valence-electron chi connectivity index (χ4n) is 5.82. The van der Waals surface area contributed by atoms with Crippen LogP contribution in [0.15, 0.2) is 54.9 Å². The van der Waals surface area contributed by atoms with E-state index in [1.54, 1.807) is 19.5 Å². The van der Waals surface area contributed by atoms with E-state index in [4.69, 9.17) is 21.1 Å². The molecule has 3 aromatic rings. The van der Waals surface area contributed by atoms with Gasteiger partial charge in [0.2, 0.25) is 0 Å². The molecule has 0 radical (unpaired) electrons. The van der Waals surface area contributed by atoms with E-state index >= 15 is 0 Å². The SMILES string of the molecule is COc1cc(N2CCN3C(CCC[C@@H]3c3ccc(OCCNc4ccncc4)c(C)c3C)C2)ccc1Cl. The number of pyridine rings is 1. The minimum absolute atomic E-state index is 0.460. The second kappa shape index (κ2) is 11.6. The van der Waals surface area contributed by atoms with Gasteiger partial charge in [-0.1, -0.05) is 17.7 Å². The molecule has 37 heavy (non-hydrogen) atoms. The Morgan fingerprint density at radius 2 is 1.84 bits per heavy atom. The molecule has 196 valence electrons. The third-order valence-corrected chi connectivity index (χ3v) is 8.26. The van der Waals surface area contributed by atoms with Crippen LogP contribution in [0.25, 0.3) is 0 Å². The van der Waals surface area contributed by atoms with E-state index < -0.39 is 0 Å². The van der Waals surface area contributed by atoms with Crippen molar-refractivity contribution in [3.8, 4) is 11.5 Å². The number of nitrogens with zero attached hydrogens (tertiary/aromatic N) is 3. The molecule has 2 fully saturated rings. The van der Waals surface area contributed by atoms with E-state index in [1.807, 2.05) is 18.2 Å². The third kappa shape index (κ3) is 5.65. The number of anilines is 2. The maximum atomic E-state index is 6.27. The van der Waals surface area contributed by atoms with E-state index in [2.05, 4.69) is 58.2 Å². The molecule has 0 bridgehead atoms. The van der Waals surface area contributed by atoms with E-state index in [9.17, 15) is 0 Å². The third-order valence-electron chi connectivity index (χ3n) is 7.95. The van der Waals surface area contributed by atoms with Crippen molar-refractivity contribution >= 4 is 23.0 Å². The first-order valence-electron chi connectivity index (χ1n) is 13.3. The lowest BCUT2D eigenvalue weighted by molar-refractivity contribution is 0.0712. The predicted octanol–water partition coefficient (Wildman–Crippen LogP) is 6.27. The van der Waals surface area contributed by atoms with E-state index in [0.29, 0.717) is 23.7 Å². The number of piperazine rings is 1. The highest BCUT2D eigenvalue weighted by molar-refractivity contribution is 6.32. The molecule has 1 N–H and O–H groups in total. The first kappa shape index (κ1) is 25.7. The molecule has 1 aromatic heterocycles. The van der Waals surface area contributed by atoms with Crippen LogP contribution in [0.2, 0.25) is 5.02 Å². The molecule has 0 amide bonds.